The maximum atomic E-state index is 12.6. The van der Waals surface area contributed by atoms with Crippen molar-refractivity contribution in [3.05, 3.63) is 60.4 Å². The molecule has 1 unspecified atom stereocenters. The minimum atomic E-state index is -1.20. The fourth-order valence-corrected chi connectivity index (χ4v) is 7.68. The van der Waals surface area contributed by atoms with Gasteiger partial charge in [-0.25, -0.2) is 23.7 Å². The van der Waals surface area contributed by atoms with E-state index in [1.165, 1.54) is 17.1 Å². The van der Waals surface area contributed by atoms with E-state index >= 15 is 0 Å². The van der Waals surface area contributed by atoms with Gasteiger partial charge in [0.15, 0.2) is 11.2 Å². The van der Waals surface area contributed by atoms with Crippen LogP contribution >= 0.6 is 10.8 Å². The van der Waals surface area contributed by atoms with Crippen molar-refractivity contribution in [2.24, 2.45) is 0 Å². The highest BCUT2D eigenvalue weighted by atomic mass is 33.1. The monoisotopic (exact) mass is 521 g/mol. The van der Waals surface area contributed by atoms with Crippen LogP contribution in [0.4, 0.5) is 11.8 Å². The predicted octanol–water partition coefficient (Wildman–Crippen LogP) is 2.80. The highest BCUT2D eigenvalue weighted by Gasteiger charge is 2.37. The number of hydrogen-bond donors (Lipinski definition) is 2. The number of rotatable bonds is 5. The summed E-state index contributed by atoms with van der Waals surface area (Å²) in [5.41, 5.74) is 15.3. The van der Waals surface area contributed by atoms with Gasteiger partial charge in [0, 0.05) is 5.56 Å². The molecule has 5 aromatic rings. The van der Waals surface area contributed by atoms with Crippen molar-refractivity contribution < 1.29 is 18.2 Å². The van der Waals surface area contributed by atoms with Gasteiger partial charge in [0.05, 0.1) is 38.3 Å². The molecular formula is C23H19N7O4S2. The number of carbonyl (C=O) groups is 1. The molecule has 3 aromatic heterocycles. The van der Waals surface area contributed by atoms with Gasteiger partial charge in [-0.3, -0.25) is 0 Å². The summed E-state index contributed by atoms with van der Waals surface area (Å²) < 4.78 is 25.2. The second kappa shape index (κ2) is 8.91. The Labute approximate surface area is 210 Å². The van der Waals surface area contributed by atoms with Crippen LogP contribution in [0.1, 0.15) is 10.4 Å². The molecule has 3 atom stereocenters. The molecule has 13 heteroatoms. The van der Waals surface area contributed by atoms with E-state index in [0.717, 1.165) is 5.56 Å². The van der Waals surface area contributed by atoms with Crippen LogP contribution in [-0.4, -0.2) is 52.0 Å². The Bertz CT molecular complexity index is 1640. The van der Waals surface area contributed by atoms with Gasteiger partial charge in [-0.05, 0) is 30.3 Å². The minimum absolute atomic E-state index is 0.0720. The van der Waals surface area contributed by atoms with Crippen molar-refractivity contribution in [1.29, 1.82) is 0 Å². The Morgan fingerprint density at radius 1 is 1.19 bits per heavy atom. The van der Waals surface area contributed by atoms with Crippen molar-refractivity contribution >= 4 is 60.6 Å². The molecule has 2 aromatic carbocycles. The third kappa shape index (κ3) is 4.05. The summed E-state index contributed by atoms with van der Waals surface area (Å²) in [4.78, 5) is 25.4. The van der Waals surface area contributed by atoms with E-state index in [1.54, 1.807) is 41.1 Å². The third-order valence-electron chi connectivity index (χ3n) is 5.80. The molecule has 1 fully saturated rings. The number of nitrogen functional groups attached to an aromatic ring is 2. The lowest BCUT2D eigenvalue weighted by Crippen LogP contribution is -2.31. The zero-order chi connectivity index (χ0) is 24.8. The molecule has 6 rings (SSSR count). The molecule has 11 nitrogen and oxygen atoms in total. The lowest BCUT2D eigenvalue weighted by atomic mass is 10.1. The van der Waals surface area contributed by atoms with Crippen LogP contribution in [0.25, 0.3) is 33.4 Å². The van der Waals surface area contributed by atoms with Crippen LogP contribution in [0, 0.1) is 0 Å². The molecule has 36 heavy (non-hydrogen) atoms. The van der Waals surface area contributed by atoms with E-state index in [0.29, 0.717) is 39.9 Å². The van der Waals surface area contributed by atoms with Gasteiger partial charge >= 0.3 is 5.97 Å². The normalized spacial score (nSPS) is 19.7. The number of esters is 1. The molecule has 0 aliphatic carbocycles. The molecule has 182 valence electrons. The Morgan fingerprint density at radius 2 is 2.03 bits per heavy atom. The number of hydrogen-bond acceptors (Lipinski definition) is 11. The van der Waals surface area contributed by atoms with E-state index in [2.05, 4.69) is 15.0 Å². The summed E-state index contributed by atoms with van der Waals surface area (Å²) in [6, 6.07) is 14.2. The molecule has 0 spiro atoms. The first-order valence-electron chi connectivity index (χ1n) is 10.9. The molecule has 4 heterocycles. The molecule has 0 bridgehead atoms. The molecule has 0 amide bonds. The van der Waals surface area contributed by atoms with E-state index in [1.807, 2.05) is 12.1 Å². The van der Waals surface area contributed by atoms with Crippen LogP contribution in [-0.2, 0) is 21.1 Å². The van der Waals surface area contributed by atoms with Crippen LogP contribution in [0.5, 0.6) is 0 Å². The average molecular weight is 522 g/mol. The van der Waals surface area contributed by atoms with Crippen molar-refractivity contribution in [2.45, 2.75) is 17.9 Å². The fraction of sp³-hybridized carbons (Fsp3) is 0.174. The smallest absolute Gasteiger partial charge is 0.338 e. The molecular weight excluding hydrogens is 502 g/mol. The van der Waals surface area contributed by atoms with Gasteiger partial charge in [-0.15, -0.1) is 0 Å². The molecule has 0 saturated carbocycles. The summed E-state index contributed by atoms with van der Waals surface area (Å²) in [6.07, 6.45) is 0.813. The molecule has 1 aliphatic heterocycles. The van der Waals surface area contributed by atoms with Crippen LogP contribution in [0.2, 0.25) is 0 Å². The number of fused-ring (bicyclic) bond motifs is 2. The summed E-state index contributed by atoms with van der Waals surface area (Å²) in [5.74, 6) is 0.0556. The quantitative estimate of drug-likeness (QED) is 0.258. The second-order valence-electron chi connectivity index (χ2n) is 8.14. The molecule has 0 radical (unpaired) electrons. The maximum absolute atomic E-state index is 12.6. The van der Waals surface area contributed by atoms with Crippen molar-refractivity contribution in [3.8, 4) is 11.3 Å². The van der Waals surface area contributed by atoms with Gasteiger partial charge in [-0.2, -0.15) is 10.1 Å². The molecule has 1 saturated heterocycles. The molecule has 4 N–H and O–H groups in total. The Kier molecular flexibility index (Phi) is 5.57. The SMILES string of the molecule is Nc1nc2cc(-c3nn(C[C@@H]4SS(=O)C[C@H]4OC(=O)c4ccccc4)c4ncnc(N)c34)ccc2o1. The highest BCUT2D eigenvalue weighted by molar-refractivity contribution is 8.69. The largest absolute Gasteiger partial charge is 0.456 e. The van der Waals surface area contributed by atoms with Crippen molar-refractivity contribution in [2.75, 3.05) is 17.2 Å². The fourth-order valence-electron chi connectivity index (χ4n) is 4.14. The number of aromatic nitrogens is 5. The van der Waals surface area contributed by atoms with Gasteiger partial charge in [0.25, 0.3) is 6.01 Å². The zero-order valence-corrected chi connectivity index (χ0v) is 20.2. The first-order valence-corrected chi connectivity index (χ1v) is 13.6. The van der Waals surface area contributed by atoms with Crippen LogP contribution in [0.3, 0.4) is 0 Å². The summed E-state index contributed by atoms with van der Waals surface area (Å²) >= 11 is 0. The summed E-state index contributed by atoms with van der Waals surface area (Å²) in [7, 11) is 0.0515. The van der Waals surface area contributed by atoms with E-state index in [9.17, 15) is 9.00 Å². The van der Waals surface area contributed by atoms with Crippen molar-refractivity contribution in [1.82, 2.24) is 24.7 Å². The first-order chi connectivity index (χ1) is 17.5. The predicted molar refractivity (Wildman–Crippen MR) is 137 cm³/mol. The van der Waals surface area contributed by atoms with Crippen LogP contribution < -0.4 is 11.5 Å². The van der Waals surface area contributed by atoms with E-state index in [-0.39, 0.29) is 22.8 Å². The number of nitrogens with two attached hydrogens (primary N) is 2. The van der Waals surface area contributed by atoms with Gasteiger partial charge in [0.1, 0.15) is 29.5 Å². The lowest BCUT2D eigenvalue weighted by molar-refractivity contribution is 0.0342. The van der Waals surface area contributed by atoms with Gasteiger partial charge in [0.2, 0.25) is 0 Å². The second-order valence-corrected chi connectivity index (χ2v) is 11.6. The minimum Gasteiger partial charge on any atom is -0.456 e. The van der Waals surface area contributed by atoms with Crippen LogP contribution in [0.15, 0.2) is 59.3 Å². The van der Waals surface area contributed by atoms with E-state index in [4.69, 9.17) is 25.7 Å². The summed E-state index contributed by atoms with van der Waals surface area (Å²) in [5, 5.41) is 5.06. The standard InChI is InChI=1S/C23H19N7O4S2/c24-20-18-19(13-6-7-15-14(8-13)28-23(25)34-15)29-30(21(18)27-11-26-20)9-17-16(10-36(32)35-17)33-22(31)12-4-2-1-3-5-12/h1-8,11,16-17H,9-10H2,(H2,25,28)(H2,24,26,27)/t16-,17+,36?/m1/s1. The highest BCUT2D eigenvalue weighted by Crippen LogP contribution is 2.36. The van der Waals surface area contributed by atoms with E-state index < -0.39 is 21.9 Å². The van der Waals surface area contributed by atoms with Crippen molar-refractivity contribution in [3.63, 3.8) is 0 Å². The number of anilines is 2. The summed E-state index contributed by atoms with van der Waals surface area (Å²) in [6.45, 7) is 0.301. The lowest BCUT2D eigenvalue weighted by Gasteiger charge is -2.18. The average Bonchev–Trinajstić information content (AvgIpc) is 3.54. The number of nitrogens with zero attached hydrogens (tertiary/aromatic N) is 5. The van der Waals surface area contributed by atoms with Gasteiger partial charge in [-0.1, -0.05) is 29.0 Å². The number of ether oxygens (including phenoxy) is 1. The molecule has 1 aliphatic rings. The number of carbonyl (C=O) groups excluding carboxylic acids is 1. The Morgan fingerprint density at radius 3 is 2.86 bits per heavy atom. The number of oxazole rings is 1. The maximum Gasteiger partial charge on any atom is 0.338 e. The third-order valence-corrected chi connectivity index (χ3v) is 9.11. The number of benzene rings is 2. The Hall–Kier alpha value is -3.97. The topological polar surface area (TPSA) is 165 Å². The Balaban J connectivity index is 1.35. The van der Waals surface area contributed by atoms with Gasteiger partial charge < -0.3 is 20.6 Å². The first kappa shape index (κ1) is 22.5. The zero-order valence-electron chi connectivity index (χ0n) is 18.6.